The number of thiophene rings is 1. The molecule has 0 radical (unpaired) electrons. The summed E-state index contributed by atoms with van der Waals surface area (Å²) >= 11 is 7.10. The van der Waals surface area contributed by atoms with Gasteiger partial charge in [0.25, 0.3) is 0 Å². The van der Waals surface area contributed by atoms with Crippen molar-refractivity contribution < 1.29 is 0 Å². The van der Waals surface area contributed by atoms with Gasteiger partial charge in [0.1, 0.15) is 0 Å². The fraction of sp³-hybridized carbons (Fsp3) is 0.312. The Kier molecular flexibility index (Phi) is 5.06. The molecular weight excluding hydrogens is 364 g/mol. The molecule has 0 spiro atoms. The van der Waals surface area contributed by atoms with Gasteiger partial charge in [-0.25, -0.2) is 4.98 Å². The van der Waals surface area contributed by atoms with Crippen LogP contribution in [0.1, 0.15) is 30.0 Å². The maximum absolute atomic E-state index is 4.76. The summed E-state index contributed by atoms with van der Waals surface area (Å²) in [5.74, 6) is 0. The van der Waals surface area contributed by atoms with Gasteiger partial charge in [-0.1, -0.05) is 19.1 Å². The van der Waals surface area contributed by atoms with Crippen molar-refractivity contribution in [2.75, 3.05) is 6.54 Å². The van der Waals surface area contributed by atoms with E-state index in [4.69, 9.17) is 4.98 Å². The molecule has 2 aromatic heterocycles. The highest BCUT2D eigenvalue weighted by atomic mass is 79.9. The molecule has 5 heteroatoms. The number of para-hydroxylation sites is 1. The van der Waals surface area contributed by atoms with Crippen LogP contribution in [-0.2, 0) is 6.42 Å². The number of hydrogen-bond donors (Lipinski definition) is 1. The molecule has 110 valence electrons. The fourth-order valence-corrected chi connectivity index (χ4v) is 4.56. The number of thiazole rings is 1. The first-order valence-corrected chi connectivity index (χ1v) is 9.57. The van der Waals surface area contributed by atoms with Crippen LogP contribution in [0.15, 0.2) is 39.5 Å². The van der Waals surface area contributed by atoms with Gasteiger partial charge in [0.2, 0.25) is 0 Å². The molecule has 1 N–H and O–H groups in total. The molecule has 0 aliphatic heterocycles. The molecule has 0 saturated heterocycles. The van der Waals surface area contributed by atoms with Crippen molar-refractivity contribution in [3.63, 3.8) is 0 Å². The van der Waals surface area contributed by atoms with Crippen LogP contribution in [0.3, 0.4) is 0 Å². The highest BCUT2D eigenvalue weighted by Crippen LogP contribution is 2.30. The van der Waals surface area contributed by atoms with Gasteiger partial charge < -0.3 is 5.32 Å². The lowest BCUT2D eigenvalue weighted by Crippen LogP contribution is -2.23. The molecule has 0 saturated carbocycles. The molecule has 1 unspecified atom stereocenters. The third-order valence-electron chi connectivity index (χ3n) is 3.35. The first-order chi connectivity index (χ1) is 10.3. The highest BCUT2D eigenvalue weighted by Gasteiger charge is 2.15. The average molecular weight is 381 g/mol. The van der Waals surface area contributed by atoms with Crippen LogP contribution in [0.25, 0.3) is 10.2 Å². The molecule has 1 aromatic carbocycles. The summed E-state index contributed by atoms with van der Waals surface area (Å²) in [6, 6.07) is 10.9. The van der Waals surface area contributed by atoms with Crippen LogP contribution in [0.2, 0.25) is 0 Å². The van der Waals surface area contributed by atoms with Gasteiger partial charge in [-0.15, -0.1) is 22.7 Å². The Morgan fingerprint density at radius 2 is 2.19 bits per heavy atom. The van der Waals surface area contributed by atoms with E-state index in [0.29, 0.717) is 6.04 Å². The molecule has 3 rings (SSSR count). The zero-order valence-electron chi connectivity index (χ0n) is 11.8. The number of fused-ring (bicyclic) bond motifs is 1. The Hall–Kier alpha value is -0.750. The summed E-state index contributed by atoms with van der Waals surface area (Å²) in [7, 11) is 0. The normalized spacial score (nSPS) is 12.9. The lowest BCUT2D eigenvalue weighted by atomic mass is 10.1. The molecule has 0 bridgehead atoms. The van der Waals surface area contributed by atoms with Gasteiger partial charge in [-0.05, 0) is 58.0 Å². The van der Waals surface area contributed by atoms with Crippen molar-refractivity contribution in [3.8, 4) is 0 Å². The molecule has 2 heterocycles. The number of hydrogen-bond acceptors (Lipinski definition) is 4. The number of halogens is 1. The second-order valence-corrected chi connectivity index (χ2v) is 8.38. The van der Waals surface area contributed by atoms with Gasteiger partial charge in [-0.2, -0.15) is 0 Å². The average Bonchev–Trinajstić information content (AvgIpc) is 3.08. The maximum atomic E-state index is 4.76. The van der Waals surface area contributed by atoms with Gasteiger partial charge in [0, 0.05) is 12.5 Å². The van der Waals surface area contributed by atoms with Crippen LogP contribution in [0.4, 0.5) is 0 Å². The monoisotopic (exact) mass is 380 g/mol. The zero-order valence-corrected chi connectivity index (χ0v) is 15.0. The lowest BCUT2D eigenvalue weighted by Gasteiger charge is -2.16. The van der Waals surface area contributed by atoms with Crippen molar-refractivity contribution in [2.45, 2.75) is 25.8 Å². The molecular formula is C16H17BrN2S2. The van der Waals surface area contributed by atoms with Crippen molar-refractivity contribution in [2.24, 2.45) is 0 Å². The lowest BCUT2D eigenvalue weighted by molar-refractivity contribution is 0.530. The molecule has 1 atom stereocenters. The molecule has 2 nitrogen and oxygen atoms in total. The van der Waals surface area contributed by atoms with Gasteiger partial charge >= 0.3 is 0 Å². The van der Waals surface area contributed by atoms with Crippen LogP contribution in [-0.4, -0.2) is 11.5 Å². The third-order valence-corrected chi connectivity index (χ3v) is 5.93. The van der Waals surface area contributed by atoms with Crippen LogP contribution in [0.5, 0.6) is 0 Å². The van der Waals surface area contributed by atoms with Crippen molar-refractivity contribution in [3.05, 3.63) is 50.1 Å². The maximum Gasteiger partial charge on any atom is 0.0957 e. The van der Waals surface area contributed by atoms with Gasteiger partial charge in [0.15, 0.2) is 0 Å². The second kappa shape index (κ2) is 7.01. The van der Waals surface area contributed by atoms with Crippen LogP contribution < -0.4 is 5.32 Å². The van der Waals surface area contributed by atoms with Crippen LogP contribution in [0, 0.1) is 0 Å². The predicted molar refractivity (Wildman–Crippen MR) is 96.4 cm³/mol. The molecule has 21 heavy (non-hydrogen) atoms. The number of nitrogens with one attached hydrogen (secondary N) is 1. The van der Waals surface area contributed by atoms with E-state index in [2.05, 4.69) is 63.9 Å². The number of aromatic nitrogens is 1. The van der Waals surface area contributed by atoms with Crippen LogP contribution >= 0.6 is 38.6 Å². The van der Waals surface area contributed by atoms with E-state index in [-0.39, 0.29) is 0 Å². The Morgan fingerprint density at radius 3 is 2.90 bits per heavy atom. The Bertz CT molecular complexity index is 687. The quantitative estimate of drug-likeness (QED) is 0.618. The Morgan fingerprint density at radius 1 is 1.33 bits per heavy atom. The molecule has 0 amide bonds. The van der Waals surface area contributed by atoms with E-state index in [9.17, 15) is 0 Å². The summed E-state index contributed by atoms with van der Waals surface area (Å²) in [5, 5.41) is 7.07. The summed E-state index contributed by atoms with van der Waals surface area (Å²) in [5.41, 5.74) is 2.46. The van der Waals surface area contributed by atoms with E-state index < -0.39 is 0 Å². The van der Waals surface area contributed by atoms with E-state index in [1.165, 1.54) is 19.1 Å². The second-order valence-electron chi connectivity index (χ2n) is 4.97. The minimum absolute atomic E-state index is 0.341. The van der Waals surface area contributed by atoms with Gasteiger partial charge in [-0.3, -0.25) is 0 Å². The summed E-state index contributed by atoms with van der Waals surface area (Å²) in [6.45, 7) is 3.23. The van der Waals surface area contributed by atoms with E-state index >= 15 is 0 Å². The SMILES string of the molecule is CCCNC(Cc1nc2ccccc2s1)c1csc(Br)c1. The topological polar surface area (TPSA) is 24.9 Å². The first-order valence-electron chi connectivity index (χ1n) is 7.08. The van der Waals surface area contributed by atoms with E-state index in [1.54, 1.807) is 22.7 Å². The van der Waals surface area contributed by atoms with E-state index in [1.807, 2.05) is 0 Å². The predicted octanol–water partition coefficient (Wildman–Crippen LogP) is 5.40. The fourth-order valence-electron chi connectivity index (χ4n) is 2.31. The van der Waals surface area contributed by atoms with Crippen molar-refractivity contribution in [1.82, 2.24) is 10.3 Å². The third kappa shape index (κ3) is 3.72. The number of rotatable bonds is 6. The van der Waals surface area contributed by atoms with Crippen molar-refractivity contribution in [1.29, 1.82) is 0 Å². The molecule has 0 aliphatic rings. The molecule has 0 aliphatic carbocycles. The minimum Gasteiger partial charge on any atom is -0.310 e. The first kappa shape index (κ1) is 15.2. The van der Waals surface area contributed by atoms with Gasteiger partial charge in [0.05, 0.1) is 19.0 Å². The smallest absolute Gasteiger partial charge is 0.0957 e. The zero-order chi connectivity index (χ0) is 14.7. The summed E-state index contributed by atoms with van der Waals surface area (Å²) < 4.78 is 2.46. The Labute approximate surface area is 141 Å². The Balaban J connectivity index is 1.83. The highest BCUT2D eigenvalue weighted by molar-refractivity contribution is 9.11. The number of nitrogens with zero attached hydrogens (tertiary/aromatic N) is 1. The summed E-state index contributed by atoms with van der Waals surface area (Å²) in [6.07, 6.45) is 2.09. The number of benzene rings is 1. The standard InChI is InChI=1S/C16H17BrN2S2/c1-2-7-18-13(11-8-15(17)20-10-11)9-16-19-12-5-3-4-6-14(12)21-16/h3-6,8,10,13,18H,2,7,9H2,1H3. The largest absolute Gasteiger partial charge is 0.310 e. The summed E-state index contributed by atoms with van der Waals surface area (Å²) in [4.78, 5) is 4.76. The van der Waals surface area contributed by atoms with Crippen molar-refractivity contribution >= 4 is 48.8 Å². The minimum atomic E-state index is 0.341. The van der Waals surface area contributed by atoms with E-state index in [0.717, 1.165) is 24.9 Å². The molecule has 0 fully saturated rings. The molecule has 3 aromatic rings.